The van der Waals surface area contributed by atoms with Gasteiger partial charge >= 0.3 is 0 Å². The highest BCUT2D eigenvalue weighted by Gasteiger charge is 2.45. The zero-order valence-corrected chi connectivity index (χ0v) is 8.55. The third-order valence-electron chi connectivity index (χ3n) is 2.99. The highest BCUT2D eigenvalue weighted by Crippen LogP contribution is 2.44. The van der Waals surface area contributed by atoms with Gasteiger partial charge < -0.3 is 9.73 Å². The molecule has 2 rings (SSSR count). The Hall–Kier alpha value is -0.760. The van der Waals surface area contributed by atoms with Crippen molar-refractivity contribution in [1.82, 2.24) is 5.32 Å². The largest absolute Gasteiger partial charge is 0.468 e. The smallest absolute Gasteiger partial charge is 0.120 e. The van der Waals surface area contributed by atoms with Gasteiger partial charge in [0.15, 0.2) is 0 Å². The Bertz CT molecular complexity index is 301. The molecular weight excluding hydrogens is 162 g/mol. The number of aryl methyl sites for hydroxylation is 1. The Morgan fingerprint density at radius 2 is 2.31 bits per heavy atom. The second-order valence-corrected chi connectivity index (χ2v) is 4.65. The summed E-state index contributed by atoms with van der Waals surface area (Å²) in [5.41, 5.74) is 1.74. The SMILES string of the molecule is Cc1ccoc1CNC1CC1(C)C. The number of hydrogen-bond acceptors (Lipinski definition) is 2. The maximum absolute atomic E-state index is 5.35. The van der Waals surface area contributed by atoms with Crippen LogP contribution in [0, 0.1) is 12.3 Å². The quantitative estimate of drug-likeness (QED) is 0.771. The number of rotatable bonds is 3. The van der Waals surface area contributed by atoms with Gasteiger partial charge in [0, 0.05) is 6.04 Å². The molecule has 0 spiro atoms. The molecule has 2 heteroatoms. The van der Waals surface area contributed by atoms with E-state index in [0.29, 0.717) is 11.5 Å². The van der Waals surface area contributed by atoms with Gasteiger partial charge in [-0.25, -0.2) is 0 Å². The van der Waals surface area contributed by atoms with Crippen LogP contribution in [0.1, 0.15) is 31.6 Å². The summed E-state index contributed by atoms with van der Waals surface area (Å²) in [6, 6.07) is 2.69. The predicted octanol–water partition coefficient (Wildman–Crippen LogP) is 2.48. The molecule has 1 atom stereocenters. The summed E-state index contributed by atoms with van der Waals surface area (Å²) < 4.78 is 5.35. The van der Waals surface area contributed by atoms with E-state index in [1.807, 2.05) is 6.07 Å². The van der Waals surface area contributed by atoms with E-state index in [0.717, 1.165) is 12.3 Å². The summed E-state index contributed by atoms with van der Waals surface area (Å²) in [5, 5.41) is 3.50. The van der Waals surface area contributed by atoms with Crippen LogP contribution in [0.15, 0.2) is 16.7 Å². The van der Waals surface area contributed by atoms with Gasteiger partial charge in [-0.1, -0.05) is 13.8 Å². The molecule has 1 aromatic heterocycles. The standard InChI is InChI=1S/C11H17NO/c1-8-4-5-13-9(8)7-12-10-6-11(10,2)3/h4-5,10,12H,6-7H2,1-3H3. The predicted molar refractivity (Wildman–Crippen MR) is 52.5 cm³/mol. The van der Waals surface area contributed by atoms with E-state index in [1.165, 1.54) is 12.0 Å². The van der Waals surface area contributed by atoms with Gasteiger partial charge in [-0.2, -0.15) is 0 Å². The lowest BCUT2D eigenvalue weighted by molar-refractivity contribution is 0.460. The maximum Gasteiger partial charge on any atom is 0.120 e. The topological polar surface area (TPSA) is 25.2 Å². The third-order valence-corrected chi connectivity index (χ3v) is 2.99. The van der Waals surface area contributed by atoms with Crippen molar-refractivity contribution in [3.05, 3.63) is 23.7 Å². The molecule has 1 N–H and O–H groups in total. The van der Waals surface area contributed by atoms with Gasteiger partial charge in [0.05, 0.1) is 12.8 Å². The van der Waals surface area contributed by atoms with E-state index in [4.69, 9.17) is 4.42 Å². The van der Waals surface area contributed by atoms with Crippen molar-refractivity contribution in [2.45, 2.75) is 39.8 Å². The molecule has 1 aliphatic rings. The first-order valence-electron chi connectivity index (χ1n) is 4.86. The van der Waals surface area contributed by atoms with Crippen molar-refractivity contribution in [3.63, 3.8) is 0 Å². The van der Waals surface area contributed by atoms with Crippen LogP contribution in [-0.2, 0) is 6.54 Å². The van der Waals surface area contributed by atoms with Crippen molar-refractivity contribution < 1.29 is 4.42 Å². The van der Waals surface area contributed by atoms with Gasteiger partial charge in [0.1, 0.15) is 5.76 Å². The van der Waals surface area contributed by atoms with Crippen LogP contribution in [-0.4, -0.2) is 6.04 Å². The molecule has 0 radical (unpaired) electrons. The minimum Gasteiger partial charge on any atom is -0.468 e. The first-order valence-corrected chi connectivity index (χ1v) is 4.86. The zero-order chi connectivity index (χ0) is 9.47. The van der Waals surface area contributed by atoms with Crippen LogP contribution >= 0.6 is 0 Å². The molecule has 1 saturated carbocycles. The summed E-state index contributed by atoms with van der Waals surface area (Å²) in [5.74, 6) is 1.07. The van der Waals surface area contributed by atoms with E-state index in [2.05, 4.69) is 26.1 Å². The molecule has 0 bridgehead atoms. The lowest BCUT2D eigenvalue weighted by Crippen LogP contribution is -2.19. The normalized spacial score (nSPS) is 24.7. The Labute approximate surface area is 79.3 Å². The summed E-state index contributed by atoms with van der Waals surface area (Å²) in [4.78, 5) is 0. The van der Waals surface area contributed by atoms with Gasteiger partial charge in [-0.15, -0.1) is 0 Å². The van der Waals surface area contributed by atoms with Crippen LogP contribution in [0.4, 0.5) is 0 Å². The summed E-state index contributed by atoms with van der Waals surface area (Å²) in [6.45, 7) is 7.53. The second kappa shape index (κ2) is 2.88. The second-order valence-electron chi connectivity index (χ2n) is 4.65. The minimum absolute atomic E-state index is 0.500. The Morgan fingerprint density at radius 1 is 1.62 bits per heavy atom. The molecule has 72 valence electrons. The molecule has 1 heterocycles. The molecular formula is C11H17NO. The van der Waals surface area contributed by atoms with Crippen LogP contribution < -0.4 is 5.32 Å². The molecule has 0 aliphatic heterocycles. The molecule has 0 aromatic carbocycles. The van der Waals surface area contributed by atoms with Gasteiger partial charge in [-0.05, 0) is 30.4 Å². The number of nitrogens with one attached hydrogen (secondary N) is 1. The monoisotopic (exact) mass is 179 g/mol. The van der Waals surface area contributed by atoms with Crippen LogP contribution in [0.25, 0.3) is 0 Å². The van der Waals surface area contributed by atoms with Crippen LogP contribution in [0.5, 0.6) is 0 Å². The van der Waals surface area contributed by atoms with Crippen molar-refractivity contribution in [2.75, 3.05) is 0 Å². The van der Waals surface area contributed by atoms with Crippen LogP contribution in [0.3, 0.4) is 0 Å². The molecule has 1 unspecified atom stereocenters. The van der Waals surface area contributed by atoms with E-state index >= 15 is 0 Å². The van der Waals surface area contributed by atoms with Crippen molar-refractivity contribution >= 4 is 0 Å². The first kappa shape index (κ1) is 8.82. The van der Waals surface area contributed by atoms with Crippen molar-refractivity contribution in [2.24, 2.45) is 5.41 Å². The van der Waals surface area contributed by atoms with Crippen molar-refractivity contribution in [1.29, 1.82) is 0 Å². The lowest BCUT2D eigenvalue weighted by Gasteiger charge is -2.04. The fourth-order valence-electron chi connectivity index (χ4n) is 1.62. The molecule has 1 aromatic rings. The van der Waals surface area contributed by atoms with E-state index < -0.39 is 0 Å². The molecule has 0 saturated heterocycles. The summed E-state index contributed by atoms with van der Waals surface area (Å²) >= 11 is 0. The van der Waals surface area contributed by atoms with Crippen molar-refractivity contribution in [3.8, 4) is 0 Å². The fraction of sp³-hybridized carbons (Fsp3) is 0.636. The average molecular weight is 179 g/mol. The summed E-state index contributed by atoms with van der Waals surface area (Å²) in [6.07, 6.45) is 3.04. The Balaban J connectivity index is 1.85. The van der Waals surface area contributed by atoms with E-state index in [1.54, 1.807) is 6.26 Å². The number of furan rings is 1. The maximum atomic E-state index is 5.35. The molecule has 1 fully saturated rings. The minimum atomic E-state index is 0.500. The van der Waals surface area contributed by atoms with Gasteiger partial charge in [0.25, 0.3) is 0 Å². The molecule has 0 amide bonds. The Kier molecular flexibility index (Phi) is 1.95. The number of hydrogen-bond donors (Lipinski definition) is 1. The Morgan fingerprint density at radius 3 is 2.77 bits per heavy atom. The highest BCUT2D eigenvalue weighted by atomic mass is 16.3. The summed E-state index contributed by atoms with van der Waals surface area (Å²) in [7, 11) is 0. The molecule has 13 heavy (non-hydrogen) atoms. The van der Waals surface area contributed by atoms with Gasteiger partial charge in [-0.3, -0.25) is 0 Å². The first-order chi connectivity index (χ1) is 6.09. The van der Waals surface area contributed by atoms with Gasteiger partial charge in [0.2, 0.25) is 0 Å². The lowest BCUT2D eigenvalue weighted by atomic mass is 10.2. The van der Waals surface area contributed by atoms with E-state index in [-0.39, 0.29) is 0 Å². The van der Waals surface area contributed by atoms with E-state index in [9.17, 15) is 0 Å². The average Bonchev–Trinajstić information content (AvgIpc) is 2.47. The molecule has 2 nitrogen and oxygen atoms in total. The third kappa shape index (κ3) is 1.78. The fourth-order valence-corrected chi connectivity index (χ4v) is 1.62. The zero-order valence-electron chi connectivity index (χ0n) is 8.55. The molecule has 1 aliphatic carbocycles. The highest BCUT2D eigenvalue weighted by molar-refractivity contribution is 5.15. The van der Waals surface area contributed by atoms with Crippen LogP contribution in [0.2, 0.25) is 0 Å².